The molecule has 2 heterocycles. The number of alkyl halides is 1. The first-order chi connectivity index (χ1) is 15.5. The minimum Gasteiger partial charge on any atom is -0.508 e. The van der Waals surface area contributed by atoms with Crippen molar-refractivity contribution in [2.75, 3.05) is 38.7 Å². The van der Waals surface area contributed by atoms with Crippen LogP contribution in [0.25, 0.3) is 10.9 Å². The summed E-state index contributed by atoms with van der Waals surface area (Å²) in [5, 5.41) is 13.5. The summed E-state index contributed by atoms with van der Waals surface area (Å²) >= 11 is 0. The number of benzene rings is 2. The van der Waals surface area contributed by atoms with Crippen molar-refractivity contribution in [1.82, 2.24) is 14.9 Å². The third kappa shape index (κ3) is 4.67. The van der Waals surface area contributed by atoms with E-state index >= 15 is 0 Å². The van der Waals surface area contributed by atoms with Crippen LogP contribution in [0.15, 0.2) is 30.6 Å². The Kier molecular flexibility index (Phi) is 6.55. The maximum atomic E-state index is 14.3. The van der Waals surface area contributed by atoms with Gasteiger partial charge in [-0.2, -0.15) is 0 Å². The van der Waals surface area contributed by atoms with Crippen LogP contribution >= 0.6 is 0 Å². The molecule has 1 fully saturated rings. The number of rotatable bonds is 8. The van der Waals surface area contributed by atoms with Crippen molar-refractivity contribution < 1.29 is 23.4 Å². The zero-order valence-corrected chi connectivity index (χ0v) is 18.1. The van der Waals surface area contributed by atoms with Crippen LogP contribution in [0.3, 0.4) is 0 Å². The van der Waals surface area contributed by atoms with Crippen molar-refractivity contribution in [3.05, 3.63) is 42.0 Å². The summed E-state index contributed by atoms with van der Waals surface area (Å²) in [5.41, 5.74) is 1.11. The SMILES string of the molecule is COc1cc2c(Nc3c(F)ccc(O)c3C)ncnc2cc1OCCCN1CCC(F)C1. The molecule has 1 unspecified atom stereocenters. The van der Waals surface area contributed by atoms with Crippen molar-refractivity contribution in [1.29, 1.82) is 0 Å². The molecule has 1 aromatic heterocycles. The van der Waals surface area contributed by atoms with Gasteiger partial charge in [0, 0.05) is 36.7 Å². The smallest absolute Gasteiger partial charge is 0.163 e. The van der Waals surface area contributed by atoms with Crippen LogP contribution in [-0.4, -0.2) is 59.5 Å². The van der Waals surface area contributed by atoms with Crippen LogP contribution in [0.1, 0.15) is 18.4 Å². The van der Waals surface area contributed by atoms with E-state index in [-0.39, 0.29) is 11.4 Å². The molecule has 1 saturated heterocycles. The fourth-order valence-corrected chi connectivity index (χ4v) is 3.83. The molecule has 2 N–H and O–H groups in total. The number of anilines is 2. The van der Waals surface area contributed by atoms with Gasteiger partial charge in [-0.25, -0.2) is 18.7 Å². The molecule has 2 aromatic carbocycles. The maximum Gasteiger partial charge on any atom is 0.163 e. The summed E-state index contributed by atoms with van der Waals surface area (Å²) in [6.45, 7) is 4.13. The molecule has 170 valence electrons. The van der Waals surface area contributed by atoms with Gasteiger partial charge in [0.1, 0.15) is 29.9 Å². The molecule has 32 heavy (non-hydrogen) atoms. The van der Waals surface area contributed by atoms with Gasteiger partial charge in [0.05, 0.1) is 24.9 Å². The molecule has 1 aliphatic rings. The van der Waals surface area contributed by atoms with E-state index in [0.717, 1.165) is 19.5 Å². The first kappa shape index (κ1) is 22.0. The van der Waals surface area contributed by atoms with Gasteiger partial charge in [-0.1, -0.05) is 0 Å². The summed E-state index contributed by atoms with van der Waals surface area (Å²) in [4.78, 5) is 10.6. The van der Waals surface area contributed by atoms with Gasteiger partial charge in [-0.3, -0.25) is 0 Å². The predicted octanol–water partition coefficient (Wildman–Crippen LogP) is 4.35. The van der Waals surface area contributed by atoms with Gasteiger partial charge < -0.3 is 24.8 Å². The Morgan fingerprint density at radius 1 is 1.25 bits per heavy atom. The lowest BCUT2D eigenvalue weighted by molar-refractivity contribution is 0.243. The normalized spacial score (nSPS) is 16.4. The monoisotopic (exact) mass is 444 g/mol. The number of nitrogens with zero attached hydrogens (tertiary/aromatic N) is 3. The Bertz CT molecular complexity index is 1110. The number of methoxy groups -OCH3 is 1. The van der Waals surface area contributed by atoms with E-state index in [1.54, 1.807) is 19.1 Å². The number of halogens is 2. The fraction of sp³-hybridized carbons (Fsp3) is 0.391. The van der Waals surface area contributed by atoms with Gasteiger partial charge in [0.15, 0.2) is 11.5 Å². The highest BCUT2D eigenvalue weighted by Gasteiger charge is 2.21. The van der Waals surface area contributed by atoms with E-state index < -0.39 is 12.0 Å². The number of hydrogen-bond acceptors (Lipinski definition) is 7. The van der Waals surface area contributed by atoms with Gasteiger partial charge >= 0.3 is 0 Å². The van der Waals surface area contributed by atoms with Crippen molar-refractivity contribution >= 4 is 22.4 Å². The Balaban J connectivity index is 1.53. The van der Waals surface area contributed by atoms with E-state index in [1.165, 1.54) is 25.6 Å². The molecule has 1 aliphatic heterocycles. The fourth-order valence-electron chi connectivity index (χ4n) is 3.83. The summed E-state index contributed by atoms with van der Waals surface area (Å²) < 4.78 is 39.0. The number of nitrogens with one attached hydrogen (secondary N) is 1. The minimum absolute atomic E-state index is 0.0171. The molecular weight excluding hydrogens is 418 g/mol. The van der Waals surface area contributed by atoms with Gasteiger partial charge in [-0.15, -0.1) is 0 Å². The van der Waals surface area contributed by atoms with Crippen LogP contribution in [0.2, 0.25) is 0 Å². The molecule has 0 aliphatic carbocycles. The van der Waals surface area contributed by atoms with Gasteiger partial charge in [0.25, 0.3) is 0 Å². The maximum absolute atomic E-state index is 14.3. The van der Waals surface area contributed by atoms with Gasteiger partial charge in [-0.05, 0) is 38.0 Å². The molecular formula is C23H26F2N4O3. The molecule has 1 atom stereocenters. The molecule has 9 heteroatoms. The Morgan fingerprint density at radius 2 is 2.09 bits per heavy atom. The van der Waals surface area contributed by atoms with Crippen LogP contribution < -0.4 is 14.8 Å². The number of aromatic hydroxyl groups is 1. The summed E-state index contributed by atoms with van der Waals surface area (Å²) in [6.07, 6.45) is 2.01. The predicted molar refractivity (Wildman–Crippen MR) is 118 cm³/mol. The number of phenols is 1. The van der Waals surface area contributed by atoms with Crippen molar-refractivity contribution in [3.8, 4) is 17.2 Å². The van der Waals surface area contributed by atoms with E-state index in [0.29, 0.717) is 53.4 Å². The lowest BCUT2D eigenvalue weighted by Gasteiger charge is -2.16. The highest BCUT2D eigenvalue weighted by molar-refractivity contribution is 5.93. The number of aromatic nitrogens is 2. The average Bonchev–Trinajstić information content (AvgIpc) is 3.21. The minimum atomic E-state index is -0.726. The van der Waals surface area contributed by atoms with E-state index in [4.69, 9.17) is 9.47 Å². The molecule has 0 spiro atoms. The molecule has 7 nitrogen and oxygen atoms in total. The summed E-state index contributed by atoms with van der Waals surface area (Å²) in [5.74, 6) is 0.887. The number of ether oxygens (including phenoxy) is 2. The first-order valence-corrected chi connectivity index (χ1v) is 10.5. The molecule has 3 aromatic rings. The van der Waals surface area contributed by atoms with Crippen molar-refractivity contribution in [3.63, 3.8) is 0 Å². The highest BCUT2D eigenvalue weighted by Crippen LogP contribution is 2.36. The summed E-state index contributed by atoms with van der Waals surface area (Å²) in [7, 11) is 1.54. The number of hydrogen-bond donors (Lipinski definition) is 2. The number of phenolic OH excluding ortho intramolecular Hbond substituents is 1. The largest absolute Gasteiger partial charge is 0.508 e. The zero-order chi connectivity index (χ0) is 22.7. The zero-order valence-electron chi connectivity index (χ0n) is 18.1. The van der Waals surface area contributed by atoms with Crippen LogP contribution in [-0.2, 0) is 0 Å². The van der Waals surface area contributed by atoms with E-state index in [2.05, 4.69) is 20.2 Å². The molecule has 0 saturated carbocycles. The van der Waals surface area contributed by atoms with E-state index in [9.17, 15) is 13.9 Å². The highest BCUT2D eigenvalue weighted by atomic mass is 19.1. The second-order valence-electron chi connectivity index (χ2n) is 7.82. The second-order valence-corrected chi connectivity index (χ2v) is 7.82. The van der Waals surface area contributed by atoms with Crippen LogP contribution in [0, 0.1) is 12.7 Å². The molecule has 0 bridgehead atoms. The second kappa shape index (κ2) is 9.52. The standard InChI is InChI=1S/C23H26F2N4O3/c1-14-19(30)5-4-17(25)22(14)28-23-16-10-20(31-2)21(11-18(16)26-13-27-23)32-9-3-7-29-8-6-15(24)12-29/h4-5,10-11,13,15,30H,3,6-9,12H2,1-2H3,(H,26,27,28). The topological polar surface area (TPSA) is 79.7 Å². The Hall–Kier alpha value is -3.20. The average molecular weight is 444 g/mol. The third-order valence-corrected chi connectivity index (χ3v) is 5.64. The Morgan fingerprint density at radius 3 is 2.84 bits per heavy atom. The lowest BCUT2D eigenvalue weighted by atomic mass is 10.1. The Labute approximate surface area is 185 Å². The lowest BCUT2D eigenvalue weighted by Crippen LogP contribution is -2.23. The van der Waals surface area contributed by atoms with Crippen LogP contribution in [0.4, 0.5) is 20.3 Å². The van der Waals surface area contributed by atoms with Crippen molar-refractivity contribution in [2.45, 2.75) is 25.9 Å². The molecule has 0 amide bonds. The number of fused-ring (bicyclic) bond motifs is 1. The van der Waals surface area contributed by atoms with Crippen molar-refractivity contribution in [2.24, 2.45) is 0 Å². The van der Waals surface area contributed by atoms with Gasteiger partial charge in [0.2, 0.25) is 0 Å². The summed E-state index contributed by atoms with van der Waals surface area (Å²) in [6, 6.07) is 5.98. The quantitative estimate of drug-likeness (QED) is 0.500. The first-order valence-electron chi connectivity index (χ1n) is 10.5. The van der Waals surface area contributed by atoms with Crippen LogP contribution in [0.5, 0.6) is 17.2 Å². The van der Waals surface area contributed by atoms with E-state index in [1.807, 2.05) is 0 Å². The molecule has 4 rings (SSSR count). The molecule has 0 radical (unpaired) electrons. The number of likely N-dealkylation sites (tertiary alicyclic amines) is 1. The third-order valence-electron chi connectivity index (χ3n) is 5.64.